The van der Waals surface area contributed by atoms with Gasteiger partial charge in [-0.15, -0.1) is 0 Å². The number of carbonyl (C=O) groups is 1. The zero-order valence-corrected chi connectivity index (χ0v) is 20.7. The molecule has 2 fully saturated rings. The van der Waals surface area contributed by atoms with E-state index in [4.69, 9.17) is 14.2 Å². The average Bonchev–Trinajstić information content (AvgIpc) is 2.75. The summed E-state index contributed by atoms with van der Waals surface area (Å²) in [7, 11) is 0. The van der Waals surface area contributed by atoms with Crippen molar-refractivity contribution in [3.63, 3.8) is 0 Å². The summed E-state index contributed by atoms with van der Waals surface area (Å²) in [5.41, 5.74) is 4.15. The van der Waals surface area contributed by atoms with Gasteiger partial charge in [-0.05, 0) is 83.0 Å². The topological polar surface area (TPSA) is 85.2 Å². The summed E-state index contributed by atoms with van der Waals surface area (Å²) < 4.78 is 16.8. The first-order valence-corrected chi connectivity index (χ1v) is 12.4. The Bertz CT molecular complexity index is 752. The number of esters is 1. The number of hydrogen-bond donors (Lipinski definition) is 2. The van der Waals surface area contributed by atoms with E-state index < -0.39 is 30.6 Å². The molecule has 0 spiro atoms. The zero-order valence-electron chi connectivity index (χ0n) is 20.7. The molecule has 1 heterocycles. The SMILES string of the molecule is C=C1CC[C@@H](C(CCC=C(C)C)CO[C@H]2OC[C@H](O)C(OC(C)=O)C2O)[C@@H]2C=C(C)CC[C@H]12. The molecule has 8 atom stereocenters. The maximum Gasteiger partial charge on any atom is 0.303 e. The van der Waals surface area contributed by atoms with E-state index in [1.165, 1.54) is 30.1 Å². The number of carbonyl (C=O) groups excluding carboxylic acids is 1. The van der Waals surface area contributed by atoms with Crippen LogP contribution in [0.1, 0.15) is 66.2 Å². The molecule has 6 nitrogen and oxygen atoms in total. The monoisotopic (exact) mass is 462 g/mol. The van der Waals surface area contributed by atoms with Crippen LogP contribution in [0.5, 0.6) is 0 Å². The fourth-order valence-electron chi connectivity index (χ4n) is 5.76. The van der Waals surface area contributed by atoms with Crippen LogP contribution in [0.15, 0.2) is 35.5 Å². The van der Waals surface area contributed by atoms with Crippen molar-refractivity contribution in [3.05, 3.63) is 35.5 Å². The van der Waals surface area contributed by atoms with Gasteiger partial charge in [-0.3, -0.25) is 4.79 Å². The molecular weight excluding hydrogens is 420 g/mol. The van der Waals surface area contributed by atoms with Crippen LogP contribution >= 0.6 is 0 Å². The minimum absolute atomic E-state index is 0.0437. The number of aliphatic hydroxyl groups excluding tert-OH is 2. The van der Waals surface area contributed by atoms with Crippen molar-refractivity contribution < 1.29 is 29.2 Å². The van der Waals surface area contributed by atoms with Crippen LogP contribution in [0.3, 0.4) is 0 Å². The summed E-state index contributed by atoms with van der Waals surface area (Å²) in [6.07, 6.45) is 6.92. The molecule has 0 aromatic carbocycles. The second-order valence-electron chi connectivity index (χ2n) is 10.4. The number of allylic oxidation sites excluding steroid dienone is 5. The van der Waals surface area contributed by atoms with E-state index in [9.17, 15) is 15.0 Å². The van der Waals surface area contributed by atoms with Crippen molar-refractivity contribution in [2.24, 2.45) is 23.7 Å². The zero-order chi connectivity index (χ0) is 24.1. The van der Waals surface area contributed by atoms with Gasteiger partial charge in [0, 0.05) is 6.92 Å². The molecule has 0 aromatic rings. The first-order chi connectivity index (χ1) is 15.7. The molecule has 3 rings (SSSR count). The summed E-state index contributed by atoms with van der Waals surface area (Å²) in [5, 5.41) is 20.8. The lowest BCUT2D eigenvalue weighted by atomic mass is 9.61. The number of fused-ring (bicyclic) bond motifs is 1. The third-order valence-corrected chi connectivity index (χ3v) is 7.51. The highest BCUT2D eigenvalue weighted by atomic mass is 16.7. The second-order valence-corrected chi connectivity index (χ2v) is 10.4. The first-order valence-electron chi connectivity index (χ1n) is 12.4. The molecule has 6 heteroatoms. The molecule has 0 radical (unpaired) electrons. The number of aliphatic hydroxyl groups is 2. The Kier molecular flexibility index (Phi) is 9.34. The van der Waals surface area contributed by atoms with Crippen molar-refractivity contribution in [2.45, 2.75) is 90.8 Å². The van der Waals surface area contributed by atoms with Crippen molar-refractivity contribution in [3.8, 4) is 0 Å². The predicted molar refractivity (Wildman–Crippen MR) is 127 cm³/mol. The van der Waals surface area contributed by atoms with Gasteiger partial charge in [0.25, 0.3) is 0 Å². The molecular formula is C27H42O6. The summed E-state index contributed by atoms with van der Waals surface area (Å²) in [6, 6.07) is 0. The first kappa shape index (κ1) is 26.1. The standard InChI is InChI=1S/C27H42O6/c1-16(2)7-6-8-20(22-12-10-18(4)21-11-9-17(3)13-23(21)22)14-31-27-25(30)26(33-19(5)28)24(29)15-32-27/h7,13,20-27,29-30H,4,6,8-12,14-15H2,1-3,5H3/t20?,21-,22+,23-,24+,25?,26?,27+/m1/s1. The third kappa shape index (κ3) is 6.78. The number of rotatable bonds is 8. The molecule has 0 aromatic heterocycles. The number of ether oxygens (including phenoxy) is 3. The Labute approximate surface area is 198 Å². The van der Waals surface area contributed by atoms with E-state index in [1.54, 1.807) is 0 Å². The smallest absolute Gasteiger partial charge is 0.303 e. The lowest BCUT2D eigenvalue weighted by molar-refractivity contribution is -0.277. The quantitative estimate of drug-likeness (QED) is 0.413. The molecule has 2 aliphatic carbocycles. The highest BCUT2D eigenvalue weighted by Gasteiger charge is 2.43. The minimum Gasteiger partial charge on any atom is -0.457 e. The lowest BCUT2D eigenvalue weighted by Crippen LogP contribution is -2.55. The maximum atomic E-state index is 11.4. The van der Waals surface area contributed by atoms with Crippen molar-refractivity contribution in [1.82, 2.24) is 0 Å². The van der Waals surface area contributed by atoms with Crippen LogP contribution in [0, 0.1) is 23.7 Å². The summed E-state index contributed by atoms with van der Waals surface area (Å²) in [5.74, 6) is 1.26. The van der Waals surface area contributed by atoms with Gasteiger partial charge in [0.05, 0.1) is 13.2 Å². The van der Waals surface area contributed by atoms with Gasteiger partial charge in [0.1, 0.15) is 12.2 Å². The van der Waals surface area contributed by atoms with E-state index in [-0.39, 0.29) is 6.61 Å². The van der Waals surface area contributed by atoms with Crippen LogP contribution in [-0.4, -0.2) is 54.0 Å². The molecule has 1 aliphatic heterocycles. The van der Waals surface area contributed by atoms with E-state index in [2.05, 4.69) is 39.5 Å². The molecule has 1 saturated carbocycles. The summed E-state index contributed by atoms with van der Waals surface area (Å²) in [6.45, 7) is 12.5. The summed E-state index contributed by atoms with van der Waals surface area (Å²) in [4.78, 5) is 11.4. The Hall–Kier alpha value is -1.47. The predicted octanol–water partition coefficient (Wildman–Crippen LogP) is 4.31. The van der Waals surface area contributed by atoms with Gasteiger partial charge in [0.15, 0.2) is 12.4 Å². The molecule has 2 N–H and O–H groups in total. The van der Waals surface area contributed by atoms with Gasteiger partial charge in [-0.2, -0.15) is 0 Å². The molecule has 0 bridgehead atoms. The van der Waals surface area contributed by atoms with Gasteiger partial charge < -0.3 is 24.4 Å². The molecule has 186 valence electrons. The minimum atomic E-state index is -1.23. The molecule has 0 amide bonds. The van der Waals surface area contributed by atoms with Crippen molar-refractivity contribution >= 4 is 5.97 Å². The van der Waals surface area contributed by atoms with Crippen LogP contribution in [0.2, 0.25) is 0 Å². The molecule has 1 saturated heterocycles. The van der Waals surface area contributed by atoms with Crippen LogP contribution in [0.25, 0.3) is 0 Å². The molecule has 3 aliphatic rings. The molecule has 3 unspecified atom stereocenters. The van der Waals surface area contributed by atoms with Gasteiger partial charge in [-0.1, -0.05) is 35.5 Å². The highest BCUT2D eigenvalue weighted by molar-refractivity contribution is 5.66. The van der Waals surface area contributed by atoms with Gasteiger partial charge >= 0.3 is 5.97 Å². The second kappa shape index (κ2) is 11.8. The van der Waals surface area contributed by atoms with Gasteiger partial charge in [0.2, 0.25) is 0 Å². The Morgan fingerprint density at radius 3 is 2.73 bits per heavy atom. The van der Waals surface area contributed by atoms with E-state index in [1.807, 2.05) is 0 Å². The fourth-order valence-corrected chi connectivity index (χ4v) is 5.76. The van der Waals surface area contributed by atoms with Crippen LogP contribution in [-0.2, 0) is 19.0 Å². The lowest BCUT2D eigenvalue weighted by Gasteiger charge is -2.45. The van der Waals surface area contributed by atoms with Crippen LogP contribution in [0.4, 0.5) is 0 Å². The Morgan fingerprint density at radius 2 is 2.03 bits per heavy atom. The number of hydrogen-bond acceptors (Lipinski definition) is 6. The Balaban J connectivity index is 1.73. The van der Waals surface area contributed by atoms with E-state index >= 15 is 0 Å². The third-order valence-electron chi connectivity index (χ3n) is 7.51. The van der Waals surface area contributed by atoms with Crippen molar-refractivity contribution in [2.75, 3.05) is 13.2 Å². The van der Waals surface area contributed by atoms with Crippen LogP contribution < -0.4 is 0 Å². The Morgan fingerprint density at radius 1 is 1.27 bits per heavy atom. The van der Waals surface area contributed by atoms with E-state index in [0.717, 1.165) is 32.1 Å². The average molecular weight is 463 g/mol. The van der Waals surface area contributed by atoms with Gasteiger partial charge in [-0.25, -0.2) is 0 Å². The van der Waals surface area contributed by atoms with E-state index in [0.29, 0.717) is 30.3 Å². The normalized spacial score (nSPS) is 35.3. The fraction of sp³-hybridized carbons (Fsp3) is 0.741. The molecule has 33 heavy (non-hydrogen) atoms. The largest absolute Gasteiger partial charge is 0.457 e. The maximum absolute atomic E-state index is 11.4. The van der Waals surface area contributed by atoms with Crippen molar-refractivity contribution in [1.29, 1.82) is 0 Å². The highest BCUT2D eigenvalue weighted by Crippen LogP contribution is 2.48. The summed E-state index contributed by atoms with van der Waals surface area (Å²) >= 11 is 0.